The molecule has 0 radical (unpaired) electrons. The van der Waals surface area contributed by atoms with Crippen molar-refractivity contribution in [2.24, 2.45) is 0 Å². The molecular formula is C13H20N4O3. The quantitative estimate of drug-likeness (QED) is 0.716. The Morgan fingerprint density at radius 1 is 1.40 bits per heavy atom. The van der Waals surface area contributed by atoms with Crippen LogP contribution in [0, 0.1) is 0 Å². The van der Waals surface area contributed by atoms with Crippen molar-refractivity contribution in [1.29, 1.82) is 0 Å². The van der Waals surface area contributed by atoms with Gasteiger partial charge in [0.2, 0.25) is 0 Å². The second-order valence-electron chi connectivity index (χ2n) is 4.87. The fraction of sp³-hybridized carbons (Fsp3) is 0.462. The molecule has 7 heteroatoms. The average Bonchev–Trinajstić information content (AvgIpc) is 2.29. The smallest absolute Gasteiger partial charge is 0.319 e. The second-order valence-corrected chi connectivity index (χ2v) is 4.87. The molecule has 0 saturated carbocycles. The van der Waals surface area contributed by atoms with Gasteiger partial charge in [-0.25, -0.2) is 4.79 Å². The summed E-state index contributed by atoms with van der Waals surface area (Å²) in [6, 6.07) is 2.91. The van der Waals surface area contributed by atoms with Gasteiger partial charge in [0.15, 0.2) is 0 Å². The Balaban J connectivity index is 2.47. The minimum Gasteiger partial charge on any atom is -0.481 e. The number of rotatable bonds is 6. The summed E-state index contributed by atoms with van der Waals surface area (Å²) in [5.41, 5.74) is 0.970. The summed E-state index contributed by atoms with van der Waals surface area (Å²) in [6.45, 7) is 2.65. The largest absolute Gasteiger partial charge is 0.481 e. The fourth-order valence-corrected chi connectivity index (χ4v) is 1.74. The van der Waals surface area contributed by atoms with Crippen LogP contribution in [0.1, 0.15) is 12.6 Å². The summed E-state index contributed by atoms with van der Waals surface area (Å²) in [6.07, 6.45) is 1.31. The SMILES string of the molecule is CC(CN(C)C)NC(=O)Nc1ccc(CC(=O)O)nc1. The van der Waals surface area contributed by atoms with Gasteiger partial charge in [-0.15, -0.1) is 0 Å². The van der Waals surface area contributed by atoms with Crippen LogP contribution in [-0.4, -0.2) is 53.7 Å². The maximum atomic E-state index is 11.7. The molecule has 110 valence electrons. The van der Waals surface area contributed by atoms with Crippen LogP contribution in [-0.2, 0) is 11.2 Å². The van der Waals surface area contributed by atoms with E-state index in [0.717, 1.165) is 6.54 Å². The van der Waals surface area contributed by atoms with Gasteiger partial charge in [-0.2, -0.15) is 0 Å². The van der Waals surface area contributed by atoms with Gasteiger partial charge in [-0.05, 0) is 33.2 Å². The number of hydrogen-bond donors (Lipinski definition) is 3. The van der Waals surface area contributed by atoms with Crippen molar-refractivity contribution in [2.45, 2.75) is 19.4 Å². The van der Waals surface area contributed by atoms with E-state index in [1.807, 2.05) is 25.9 Å². The first-order chi connectivity index (χ1) is 9.36. The highest BCUT2D eigenvalue weighted by molar-refractivity contribution is 5.89. The van der Waals surface area contributed by atoms with Crippen LogP contribution in [0.2, 0.25) is 0 Å². The first-order valence-corrected chi connectivity index (χ1v) is 6.26. The third-order valence-corrected chi connectivity index (χ3v) is 2.43. The number of anilines is 1. The lowest BCUT2D eigenvalue weighted by molar-refractivity contribution is -0.136. The molecule has 1 unspecified atom stereocenters. The predicted octanol–water partition coefficient (Wildman–Crippen LogP) is 0.780. The molecule has 0 aromatic carbocycles. The Labute approximate surface area is 118 Å². The topological polar surface area (TPSA) is 94.6 Å². The van der Waals surface area contributed by atoms with Crippen molar-refractivity contribution >= 4 is 17.7 Å². The molecule has 1 atom stereocenters. The molecule has 20 heavy (non-hydrogen) atoms. The predicted molar refractivity (Wildman–Crippen MR) is 75.7 cm³/mol. The minimum atomic E-state index is -0.937. The number of aliphatic carboxylic acids is 1. The number of carboxylic acid groups (broad SMARTS) is 1. The third kappa shape index (κ3) is 6.14. The number of carboxylic acids is 1. The van der Waals surface area contributed by atoms with Crippen LogP contribution < -0.4 is 10.6 Å². The van der Waals surface area contributed by atoms with E-state index >= 15 is 0 Å². The summed E-state index contributed by atoms with van der Waals surface area (Å²) in [4.78, 5) is 28.2. The van der Waals surface area contributed by atoms with Gasteiger partial charge in [0.05, 0.1) is 24.0 Å². The zero-order valence-corrected chi connectivity index (χ0v) is 11.9. The van der Waals surface area contributed by atoms with E-state index in [2.05, 4.69) is 15.6 Å². The number of pyridine rings is 1. The highest BCUT2D eigenvalue weighted by atomic mass is 16.4. The zero-order chi connectivity index (χ0) is 15.1. The molecule has 1 rings (SSSR count). The molecule has 0 saturated heterocycles. The van der Waals surface area contributed by atoms with E-state index in [0.29, 0.717) is 11.4 Å². The number of aromatic nitrogens is 1. The van der Waals surface area contributed by atoms with Crippen LogP contribution in [0.15, 0.2) is 18.3 Å². The number of hydrogen-bond acceptors (Lipinski definition) is 4. The Morgan fingerprint density at radius 3 is 2.60 bits per heavy atom. The standard InChI is InChI=1S/C13H20N4O3/c1-9(8-17(2)3)15-13(20)16-11-5-4-10(14-7-11)6-12(18)19/h4-5,7,9H,6,8H2,1-3H3,(H,18,19)(H2,15,16,20). The van der Waals surface area contributed by atoms with Crippen LogP contribution in [0.5, 0.6) is 0 Å². The van der Waals surface area contributed by atoms with Crippen molar-refractivity contribution in [3.63, 3.8) is 0 Å². The second kappa shape index (κ2) is 7.44. The molecule has 2 amide bonds. The number of amides is 2. The maximum absolute atomic E-state index is 11.7. The first-order valence-electron chi connectivity index (χ1n) is 6.26. The van der Waals surface area contributed by atoms with Crippen molar-refractivity contribution in [1.82, 2.24) is 15.2 Å². The number of likely N-dealkylation sites (N-methyl/N-ethyl adjacent to an activating group) is 1. The Kier molecular flexibility index (Phi) is 5.92. The molecule has 1 aromatic rings. The van der Waals surface area contributed by atoms with E-state index in [1.165, 1.54) is 6.20 Å². The van der Waals surface area contributed by atoms with Crippen LogP contribution in [0.3, 0.4) is 0 Å². The summed E-state index contributed by atoms with van der Waals surface area (Å²) in [5.74, 6) is -0.937. The molecule has 0 aliphatic carbocycles. The summed E-state index contributed by atoms with van der Waals surface area (Å²) >= 11 is 0. The number of carbonyl (C=O) groups is 2. The van der Waals surface area contributed by atoms with E-state index in [4.69, 9.17) is 5.11 Å². The van der Waals surface area contributed by atoms with Gasteiger partial charge < -0.3 is 20.6 Å². The lowest BCUT2D eigenvalue weighted by Gasteiger charge is -2.18. The molecule has 0 fully saturated rings. The lowest BCUT2D eigenvalue weighted by atomic mass is 10.2. The highest BCUT2D eigenvalue weighted by Gasteiger charge is 2.08. The molecule has 0 spiro atoms. The molecule has 3 N–H and O–H groups in total. The maximum Gasteiger partial charge on any atom is 0.319 e. The zero-order valence-electron chi connectivity index (χ0n) is 11.9. The lowest BCUT2D eigenvalue weighted by Crippen LogP contribution is -2.41. The monoisotopic (exact) mass is 280 g/mol. The Bertz CT molecular complexity index is 459. The number of carbonyl (C=O) groups excluding carboxylic acids is 1. The van der Waals surface area contributed by atoms with E-state index in [1.54, 1.807) is 12.1 Å². The molecule has 0 aliphatic heterocycles. The van der Waals surface area contributed by atoms with E-state index < -0.39 is 5.97 Å². The molecule has 7 nitrogen and oxygen atoms in total. The normalized spacial score (nSPS) is 12.0. The van der Waals surface area contributed by atoms with Crippen LogP contribution in [0.4, 0.5) is 10.5 Å². The van der Waals surface area contributed by atoms with Gasteiger partial charge in [-0.1, -0.05) is 0 Å². The summed E-state index contributed by atoms with van der Waals surface area (Å²) < 4.78 is 0. The molecule has 0 aliphatic rings. The van der Waals surface area contributed by atoms with Crippen molar-refractivity contribution in [2.75, 3.05) is 26.0 Å². The van der Waals surface area contributed by atoms with Crippen molar-refractivity contribution < 1.29 is 14.7 Å². The van der Waals surface area contributed by atoms with Gasteiger partial charge in [0.1, 0.15) is 0 Å². The molecular weight excluding hydrogens is 260 g/mol. The number of nitrogens with one attached hydrogen (secondary N) is 2. The Morgan fingerprint density at radius 2 is 2.10 bits per heavy atom. The fourth-order valence-electron chi connectivity index (χ4n) is 1.74. The Hall–Kier alpha value is -2.15. The summed E-state index contributed by atoms with van der Waals surface area (Å²) in [7, 11) is 3.86. The van der Waals surface area contributed by atoms with Gasteiger partial charge in [0.25, 0.3) is 0 Å². The van der Waals surface area contributed by atoms with Gasteiger partial charge >= 0.3 is 12.0 Å². The highest BCUT2D eigenvalue weighted by Crippen LogP contribution is 2.06. The third-order valence-electron chi connectivity index (χ3n) is 2.43. The van der Waals surface area contributed by atoms with Crippen molar-refractivity contribution in [3.05, 3.63) is 24.0 Å². The van der Waals surface area contributed by atoms with Crippen LogP contribution >= 0.6 is 0 Å². The van der Waals surface area contributed by atoms with E-state index in [-0.39, 0.29) is 18.5 Å². The van der Waals surface area contributed by atoms with Gasteiger partial charge in [0, 0.05) is 12.6 Å². The first kappa shape index (κ1) is 15.9. The molecule has 1 heterocycles. The molecule has 0 bridgehead atoms. The van der Waals surface area contributed by atoms with E-state index in [9.17, 15) is 9.59 Å². The number of urea groups is 1. The molecule has 1 aromatic heterocycles. The van der Waals surface area contributed by atoms with Crippen molar-refractivity contribution in [3.8, 4) is 0 Å². The van der Waals surface area contributed by atoms with Crippen LogP contribution in [0.25, 0.3) is 0 Å². The van der Waals surface area contributed by atoms with Gasteiger partial charge in [-0.3, -0.25) is 9.78 Å². The number of nitrogens with zero attached hydrogens (tertiary/aromatic N) is 2. The average molecular weight is 280 g/mol. The summed E-state index contributed by atoms with van der Waals surface area (Å²) in [5, 5.41) is 14.1. The minimum absolute atomic E-state index is 0.0178.